The van der Waals surface area contributed by atoms with Gasteiger partial charge >= 0.3 is 0 Å². The largest absolute Gasteiger partial charge is 0.392 e. The Labute approximate surface area is 101 Å². The Morgan fingerprint density at radius 1 is 1.38 bits per heavy atom. The van der Waals surface area contributed by atoms with Crippen molar-refractivity contribution in [3.05, 3.63) is 29.8 Å². The molecular formula is C13H17NOS. The van der Waals surface area contributed by atoms with E-state index in [9.17, 15) is 5.11 Å². The van der Waals surface area contributed by atoms with Crippen molar-refractivity contribution in [3.8, 4) is 0 Å². The van der Waals surface area contributed by atoms with Gasteiger partial charge in [-0.1, -0.05) is 18.2 Å². The van der Waals surface area contributed by atoms with Crippen LogP contribution in [0.15, 0.2) is 29.2 Å². The highest BCUT2D eigenvalue weighted by atomic mass is 32.2. The molecule has 2 nitrogen and oxygen atoms in total. The zero-order valence-electron chi connectivity index (χ0n) is 9.30. The number of thioether (sulfide) groups is 1. The quantitative estimate of drug-likeness (QED) is 0.845. The van der Waals surface area contributed by atoms with Crippen molar-refractivity contribution in [2.75, 3.05) is 19.6 Å². The first-order chi connectivity index (χ1) is 7.81. The van der Waals surface area contributed by atoms with Gasteiger partial charge in [0.05, 0.1) is 6.10 Å². The number of hydrogen-bond donors (Lipinski definition) is 1. The van der Waals surface area contributed by atoms with Crippen LogP contribution < -0.4 is 0 Å². The molecule has 16 heavy (non-hydrogen) atoms. The third-order valence-electron chi connectivity index (χ3n) is 3.42. The highest BCUT2D eigenvalue weighted by Crippen LogP contribution is 2.37. The van der Waals surface area contributed by atoms with Crippen LogP contribution in [0, 0.1) is 0 Å². The van der Waals surface area contributed by atoms with E-state index in [1.807, 2.05) is 11.8 Å². The normalized spacial score (nSPS) is 29.6. The molecule has 2 heterocycles. The lowest BCUT2D eigenvalue weighted by molar-refractivity contribution is 0.176. The van der Waals surface area contributed by atoms with Crippen LogP contribution in [0.3, 0.4) is 0 Å². The molecule has 1 aromatic carbocycles. The van der Waals surface area contributed by atoms with Gasteiger partial charge in [-0.2, -0.15) is 0 Å². The summed E-state index contributed by atoms with van der Waals surface area (Å²) in [4.78, 5) is 3.85. The molecule has 1 saturated heterocycles. The van der Waals surface area contributed by atoms with Crippen molar-refractivity contribution in [2.24, 2.45) is 0 Å². The van der Waals surface area contributed by atoms with Crippen LogP contribution in [-0.4, -0.2) is 41.0 Å². The third kappa shape index (κ3) is 2.12. The average Bonchev–Trinajstić information content (AvgIpc) is 2.84. The Bertz CT molecular complexity index is 357. The number of fused-ring (bicyclic) bond motifs is 1. The van der Waals surface area contributed by atoms with Crippen LogP contribution in [0.25, 0.3) is 0 Å². The van der Waals surface area contributed by atoms with Crippen molar-refractivity contribution < 1.29 is 5.11 Å². The lowest BCUT2D eigenvalue weighted by atomic mass is 10.1. The van der Waals surface area contributed by atoms with Gasteiger partial charge in [-0.3, -0.25) is 4.90 Å². The summed E-state index contributed by atoms with van der Waals surface area (Å²) >= 11 is 2.00. The molecule has 2 aliphatic rings. The number of nitrogens with zero attached hydrogens (tertiary/aromatic N) is 1. The third-order valence-corrected chi connectivity index (χ3v) is 4.72. The summed E-state index contributed by atoms with van der Waals surface area (Å²) in [5, 5.41) is 10.2. The van der Waals surface area contributed by atoms with Gasteiger partial charge in [0.25, 0.3) is 0 Å². The van der Waals surface area contributed by atoms with Gasteiger partial charge in [0, 0.05) is 29.8 Å². The number of hydrogen-bond acceptors (Lipinski definition) is 3. The summed E-state index contributed by atoms with van der Waals surface area (Å²) in [6.07, 6.45) is 2.05. The van der Waals surface area contributed by atoms with Gasteiger partial charge in [-0.05, 0) is 24.5 Å². The number of rotatable bonds is 2. The molecule has 1 fully saturated rings. The van der Waals surface area contributed by atoms with Crippen molar-refractivity contribution in [1.82, 2.24) is 4.90 Å². The van der Waals surface area contributed by atoms with Gasteiger partial charge in [0.15, 0.2) is 0 Å². The first-order valence-electron chi connectivity index (χ1n) is 5.96. The molecular weight excluding hydrogens is 218 g/mol. The summed E-state index contributed by atoms with van der Waals surface area (Å²) in [5.74, 6) is 0. The van der Waals surface area contributed by atoms with E-state index in [0.717, 1.165) is 26.1 Å². The molecule has 3 heteroatoms. The van der Waals surface area contributed by atoms with Gasteiger partial charge in [-0.25, -0.2) is 0 Å². The van der Waals surface area contributed by atoms with Gasteiger partial charge in [0.2, 0.25) is 0 Å². The molecule has 2 aliphatic heterocycles. The minimum absolute atomic E-state index is 0.0891. The van der Waals surface area contributed by atoms with E-state index >= 15 is 0 Å². The fourth-order valence-electron chi connectivity index (χ4n) is 2.62. The van der Waals surface area contributed by atoms with Crippen molar-refractivity contribution in [3.63, 3.8) is 0 Å². The summed E-state index contributed by atoms with van der Waals surface area (Å²) in [6, 6.07) is 8.70. The number of aliphatic hydroxyl groups excluding tert-OH is 1. The zero-order valence-corrected chi connectivity index (χ0v) is 10.1. The number of β-amino-alcohol motifs (C(OH)–C–C–N with tert-alkyl or cyclic N) is 1. The fourth-order valence-corrected chi connectivity index (χ4v) is 3.99. The molecule has 0 amide bonds. The van der Waals surface area contributed by atoms with Crippen LogP contribution in [-0.2, 0) is 6.42 Å². The molecule has 1 N–H and O–H groups in total. The maximum atomic E-state index is 9.50. The Kier molecular flexibility index (Phi) is 2.92. The van der Waals surface area contributed by atoms with Crippen LogP contribution in [0.4, 0.5) is 0 Å². The average molecular weight is 235 g/mol. The Morgan fingerprint density at radius 3 is 3.00 bits per heavy atom. The molecule has 0 bridgehead atoms. The Hall–Kier alpha value is -0.510. The monoisotopic (exact) mass is 235 g/mol. The Balaban J connectivity index is 1.60. The molecule has 0 aliphatic carbocycles. The number of likely N-dealkylation sites (tertiary alicyclic amines) is 1. The SMILES string of the molecule is O[C@@H]1CCN(CC2Cc3ccccc3S2)C1. The van der Waals surface area contributed by atoms with Crippen molar-refractivity contribution >= 4 is 11.8 Å². The van der Waals surface area contributed by atoms with E-state index in [1.165, 1.54) is 16.9 Å². The highest BCUT2D eigenvalue weighted by Gasteiger charge is 2.27. The molecule has 0 radical (unpaired) electrons. The summed E-state index contributed by atoms with van der Waals surface area (Å²) in [5.41, 5.74) is 1.50. The lowest BCUT2D eigenvalue weighted by Gasteiger charge is -2.18. The fraction of sp³-hybridized carbons (Fsp3) is 0.538. The maximum absolute atomic E-state index is 9.50. The van der Waals surface area contributed by atoms with Gasteiger partial charge < -0.3 is 5.11 Å². The lowest BCUT2D eigenvalue weighted by Crippen LogP contribution is -2.29. The molecule has 0 aromatic heterocycles. The molecule has 1 unspecified atom stereocenters. The second-order valence-electron chi connectivity index (χ2n) is 4.75. The van der Waals surface area contributed by atoms with E-state index in [0.29, 0.717) is 5.25 Å². The van der Waals surface area contributed by atoms with Gasteiger partial charge in [-0.15, -0.1) is 11.8 Å². The second-order valence-corrected chi connectivity index (χ2v) is 6.10. The van der Waals surface area contributed by atoms with Crippen molar-refractivity contribution in [1.29, 1.82) is 0 Å². The number of aliphatic hydroxyl groups is 1. The van der Waals surface area contributed by atoms with Crippen LogP contribution in [0.1, 0.15) is 12.0 Å². The van der Waals surface area contributed by atoms with E-state index in [4.69, 9.17) is 0 Å². The molecule has 2 atom stereocenters. The summed E-state index contributed by atoms with van der Waals surface area (Å²) < 4.78 is 0. The molecule has 86 valence electrons. The van der Waals surface area contributed by atoms with Crippen LogP contribution >= 0.6 is 11.8 Å². The van der Waals surface area contributed by atoms with E-state index in [-0.39, 0.29) is 6.10 Å². The van der Waals surface area contributed by atoms with Gasteiger partial charge in [0.1, 0.15) is 0 Å². The van der Waals surface area contributed by atoms with Crippen molar-refractivity contribution in [2.45, 2.75) is 29.1 Å². The summed E-state index contributed by atoms with van der Waals surface area (Å²) in [7, 11) is 0. The topological polar surface area (TPSA) is 23.5 Å². The van der Waals surface area contributed by atoms with E-state index in [1.54, 1.807) is 0 Å². The summed E-state index contributed by atoms with van der Waals surface area (Å²) in [6.45, 7) is 3.05. The molecule has 0 spiro atoms. The maximum Gasteiger partial charge on any atom is 0.0679 e. The predicted molar refractivity (Wildman–Crippen MR) is 66.9 cm³/mol. The molecule has 1 aromatic rings. The van der Waals surface area contributed by atoms with E-state index in [2.05, 4.69) is 29.2 Å². The van der Waals surface area contributed by atoms with Crippen LogP contribution in [0.2, 0.25) is 0 Å². The first kappa shape index (κ1) is 10.6. The molecule has 3 rings (SSSR count). The minimum Gasteiger partial charge on any atom is -0.392 e. The van der Waals surface area contributed by atoms with E-state index < -0.39 is 0 Å². The van der Waals surface area contributed by atoms with Crippen LogP contribution in [0.5, 0.6) is 0 Å². The smallest absolute Gasteiger partial charge is 0.0679 e. The molecule has 0 saturated carbocycles. The second kappa shape index (κ2) is 4.40. The standard InChI is InChI=1S/C13H17NOS/c15-11-5-6-14(8-11)9-12-7-10-3-1-2-4-13(10)16-12/h1-4,11-12,15H,5-9H2/t11-,12?/m1/s1. The highest BCUT2D eigenvalue weighted by molar-refractivity contribution is 8.00. The predicted octanol–water partition coefficient (Wildman–Crippen LogP) is 1.77. The first-order valence-corrected chi connectivity index (χ1v) is 6.84. The Morgan fingerprint density at radius 2 is 2.25 bits per heavy atom. The number of benzene rings is 1. The zero-order chi connectivity index (χ0) is 11.0. The minimum atomic E-state index is -0.0891.